The van der Waals surface area contributed by atoms with E-state index in [1.165, 1.54) is 35.4 Å². The molecule has 0 aliphatic carbocycles. The number of nitriles is 1. The predicted molar refractivity (Wildman–Crippen MR) is 102 cm³/mol. The Hall–Kier alpha value is -3.61. The highest BCUT2D eigenvalue weighted by Crippen LogP contribution is 2.38. The number of anilines is 2. The summed E-state index contributed by atoms with van der Waals surface area (Å²) in [5.74, 6) is -1.40. The number of likely N-dealkylation sites (tertiary alicyclic amines) is 1. The summed E-state index contributed by atoms with van der Waals surface area (Å²) in [5.41, 5.74) is 5.36. The lowest BCUT2D eigenvalue weighted by atomic mass is 9.78. The van der Waals surface area contributed by atoms with E-state index in [-0.39, 0.29) is 24.5 Å². The minimum Gasteiger partial charge on any atom is -0.465 e. The molecule has 2 heterocycles. The minimum absolute atomic E-state index is 0.125. The fourth-order valence-electron chi connectivity index (χ4n) is 3.61. The maximum atomic E-state index is 13.1. The van der Waals surface area contributed by atoms with Crippen molar-refractivity contribution in [2.24, 2.45) is 11.7 Å². The Morgan fingerprint density at radius 2 is 1.97 bits per heavy atom. The molecule has 152 valence electrons. The molecule has 2 aromatic rings. The zero-order valence-electron chi connectivity index (χ0n) is 15.8. The Bertz CT molecular complexity index is 957. The van der Waals surface area contributed by atoms with Crippen LogP contribution in [0.1, 0.15) is 30.1 Å². The summed E-state index contributed by atoms with van der Waals surface area (Å²) in [6.45, 7) is 2.23. The molecule has 1 saturated heterocycles. The number of carbonyl (C=O) groups excluding carboxylic acids is 1. The molecule has 1 aromatic heterocycles. The zero-order valence-corrected chi connectivity index (χ0v) is 15.8. The fourth-order valence-corrected chi connectivity index (χ4v) is 3.61. The third-order valence-corrected chi connectivity index (χ3v) is 5.44. The van der Waals surface area contributed by atoms with Crippen molar-refractivity contribution in [2.45, 2.75) is 25.3 Å². The number of hydrogen-bond donors (Lipinski definition) is 3. The molecule has 2 amide bonds. The van der Waals surface area contributed by atoms with Crippen molar-refractivity contribution in [1.82, 2.24) is 14.7 Å². The van der Waals surface area contributed by atoms with Crippen molar-refractivity contribution in [1.29, 1.82) is 5.26 Å². The van der Waals surface area contributed by atoms with E-state index in [4.69, 9.17) is 5.73 Å². The maximum Gasteiger partial charge on any atom is 0.407 e. The molecule has 29 heavy (non-hydrogen) atoms. The van der Waals surface area contributed by atoms with Gasteiger partial charge in [0.15, 0.2) is 5.82 Å². The number of primary amides is 1. The largest absolute Gasteiger partial charge is 0.465 e. The molecular weight excluding hydrogens is 379 g/mol. The van der Waals surface area contributed by atoms with Crippen LogP contribution in [0.2, 0.25) is 0 Å². The highest BCUT2D eigenvalue weighted by Gasteiger charge is 2.43. The molecule has 9 nitrogen and oxygen atoms in total. The van der Waals surface area contributed by atoms with E-state index in [1.54, 1.807) is 11.6 Å². The first-order valence-electron chi connectivity index (χ1n) is 9.07. The van der Waals surface area contributed by atoms with Gasteiger partial charge in [-0.05, 0) is 44.0 Å². The zero-order chi connectivity index (χ0) is 21.2. The summed E-state index contributed by atoms with van der Waals surface area (Å²) in [4.78, 5) is 24.5. The van der Waals surface area contributed by atoms with Gasteiger partial charge in [0.25, 0.3) is 5.91 Å². The van der Waals surface area contributed by atoms with E-state index >= 15 is 0 Å². The van der Waals surface area contributed by atoms with Crippen LogP contribution < -0.4 is 11.1 Å². The number of benzene rings is 1. The summed E-state index contributed by atoms with van der Waals surface area (Å²) in [7, 11) is 0. The average Bonchev–Trinajstić information content (AvgIpc) is 3.13. The molecule has 0 bridgehead atoms. The Morgan fingerprint density at radius 1 is 1.34 bits per heavy atom. The number of rotatable bonds is 5. The van der Waals surface area contributed by atoms with Crippen LogP contribution in [0.15, 0.2) is 30.5 Å². The van der Waals surface area contributed by atoms with Gasteiger partial charge in [-0.1, -0.05) is 0 Å². The van der Waals surface area contributed by atoms with Gasteiger partial charge in [-0.25, -0.2) is 9.18 Å². The monoisotopic (exact) mass is 400 g/mol. The number of nitrogens with two attached hydrogens (primary N) is 1. The number of piperidine rings is 1. The van der Waals surface area contributed by atoms with Gasteiger partial charge < -0.3 is 21.1 Å². The van der Waals surface area contributed by atoms with Crippen molar-refractivity contribution in [3.8, 4) is 6.07 Å². The van der Waals surface area contributed by atoms with Gasteiger partial charge in [0.1, 0.15) is 11.4 Å². The second-order valence-electron chi connectivity index (χ2n) is 7.06. The molecular formula is C19H21FN6O3. The Morgan fingerprint density at radius 3 is 2.48 bits per heavy atom. The highest BCUT2D eigenvalue weighted by molar-refractivity contribution is 5.98. The molecule has 1 atom stereocenters. The van der Waals surface area contributed by atoms with Crippen molar-refractivity contribution in [3.05, 3.63) is 41.8 Å². The van der Waals surface area contributed by atoms with Gasteiger partial charge in [-0.15, -0.1) is 0 Å². The van der Waals surface area contributed by atoms with E-state index < -0.39 is 29.3 Å². The first kappa shape index (κ1) is 20.1. The number of nitrogens with one attached hydrogen (secondary N) is 1. The van der Waals surface area contributed by atoms with Crippen LogP contribution in [0.5, 0.6) is 0 Å². The van der Waals surface area contributed by atoms with E-state index in [9.17, 15) is 24.3 Å². The summed E-state index contributed by atoms with van der Waals surface area (Å²) >= 11 is 0. The summed E-state index contributed by atoms with van der Waals surface area (Å²) in [6, 6.07) is 7.76. The first-order chi connectivity index (χ1) is 13.8. The van der Waals surface area contributed by atoms with Crippen LogP contribution in [0, 0.1) is 23.1 Å². The summed E-state index contributed by atoms with van der Waals surface area (Å²) < 4.78 is 14.7. The number of carbonyl (C=O) groups is 2. The molecule has 1 unspecified atom stereocenters. The smallest absolute Gasteiger partial charge is 0.407 e. The topological polar surface area (TPSA) is 137 Å². The van der Waals surface area contributed by atoms with Crippen molar-refractivity contribution >= 4 is 23.5 Å². The third-order valence-electron chi connectivity index (χ3n) is 5.44. The third kappa shape index (κ3) is 3.85. The molecule has 1 aliphatic heterocycles. The van der Waals surface area contributed by atoms with Gasteiger partial charge in [0.05, 0.1) is 17.5 Å². The number of hydrogen-bond acceptors (Lipinski definition) is 5. The maximum absolute atomic E-state index is 13.1. The lowest BCUT2D eigenvalue weighted by Crippen LogP contribution is -2.51. The molecule has 3 rings (SSSR count). The van der Waals surface area contributed by atoms with E-state index in [0.29, 0.717) is 18.5 Å². The fraction of sp³-hybridized carbons (Fsp3) is 0.368. The molecule has 1 aliphatic rings. The quantitative estimate of drug-likeness (QED) is 0.705. The van der Waals surface area contributed by atoms with Gasteiger partial charge >= 0.3 is 6.09 Å². The van der Waals surface area contributed by atoms with Gasteiger partial charge in [0.2, 0.25) is 0 Å². The van der Waals surface area contributed by atoms with Crippen molar-refractivity contribution in [3.63, 3.8) is 0 Å². The van der Waals surface area contributed by atoms with E-state index in [0.717, 1.165) is 0 Å². The number of carboxylic acid groups (broad SMARTS) is 1. The lowest BCUT2D eigenvalue weighted by Gasteiger charge is -2.42. The van der Waals surface area contributed by atoms with Gasteiger partial charge in [-0.2, -0.15) is 10.4 Å². The number of halogens is 1. The normalized spacial score (nSPS) is 16.7. The van der Waals surface area contributed by atoms with Crippen LogP contribution in [-0.2, 0) is 5.54 Å². The molecule has 1 aromatic carbocycles. The Kier molecular flexibility index (Phi) is 5.41. The average molecular weight is 400 g/mol. The minimum atomic E-state index is -1.01. The number of aromatic nitrogens is 2. The van der Waals surface area contributed by atoms with Crippen molar-refractivity contribution < 1.29 is 19.1 Å². The molecule has 4 N–H and O–H groups in total. The predicted octanol–water partition coefficient (Wildman–Crippen LogP) is 2.49. The Labute approximate surface area is 166 Å². The van der Waals surface area contributed by atoms with Crippen LogP contribution in [0.4, 0.5) is 20.7 Å². The van der Waals surface area contributed by atoms with Crippen molar-refractivity contribution in [2.75, 3.05) is 18.4 Å². The van der Waals surface area contributed by atoms with E-state index in [2.05, 4.69) is 16.5 Å². The van der Waals surface area contributed by atoms with Gasteiger partial charge in [-0.3, -0.25) is 9.48 Å². The van der Waals surface area contributed by atoms with Crippen LogP contribution in [0.25, 0.3) is 0 Å². The second kappa shape index (κ2) is 7.79. The summed E-state index contributed by atoms with van der Waals surface area (Å²) in [6.07, 6.45) is 1.20. The second-order valence-corrected chi connectivity index (χ2v) is 7.06. The molecule has 0 saturated carbocycles. The highest BCUT2D eigenvalue weighted by atomic mass is 19.1. The number of nitrogens with zero attached hydrogens (tertiary/aromatic N) is 4. The molecule has 0 spiro atoms. The molecule has 10 heteroatoms. The standard InChI is InChI=1S/C19H21FN6O3/c1-12(10-21)19(6-8-25(9-7-19)18(28)29)26-11-15(16(22)27)17(24-26)23-14-4-2-13(20)3-5-14/h2-5,11-12H,6-9H2,1H3,(H2,22,27)(H,23,24)(H,28,29). The summed E-state index contributed by atoms with van der Waals surface area (Å²) in [5, 5.41) is 26.2. The molecule has 0 radical (unpaired) electrons. The number of amides is 2. The van der Waals surface area contributed by atoms with E-state index in [1.807, 2.05) is 0 Å². The first-order valence-corrected chi connectivity index (χ1v) is 9.07. The van der Waals surface area contributed by atoms with Gasteiger partial charge in [0, 0.05) is 25.0 Å². The SMILES string of the molecule is CC(C#N)C1(n2cc(C(N)=O)c(Nc3ccc(F)cc3)n2)CCN(C(=O)O)CC1. The molecule has 1 fully saturated rings. The van der Waals surface area contributed by atoms with Crippen LogP contribution >= 0.6 is 0 Å². The van der Waals surface area contributed by atoms with Crippen LogP contribution in [-0.4, -0.2) is 44.9 Å². The lowest BCUT2D eigenvalue weighted by molar-refractivity contribution is 0.0676. The Balaban J connectivity index is 1.99. The van der Waals surface area contributed by atoms with Crippen LogP contribution in [0.3, 0.4) is 0 Å².